The fraction of sp³-hybridized carbons (Fsp3) is 0.304. The predicted octanol–water partition coefficient (Wildman–Crippen LogP) is 4.19. The lowest BCUT2D eigenvalue weighted by Gasteiger charge is -2.23. The van der Waals surface area contributed by atoms with Crippen LogP contribution in [0.5, 0.6) is 5.88 Å². The lowest BCUT2D eigenvalue weighted by atomic mass is 10.1. The molecular weight excluding hydrogens is 424 g/mol. The number of nitrogens with zero attached hydrogens (tertiary/aromatic N) is 4. The Morgan fingerprint density at radius 3 is 2.53 bits per heavy atom. The van der Waals surface area contributed by atoms with Crippen molar-refractivity contribution in [1.29, 1.82) is 0 Å². The predicted molar refractivity (Wildman–Crippen MR) is 129 cm³/mol. The van der Waals surface area contributed by atoms with Gasteiger partial charge in [0.2, 0.25) is 5.88 Å². The number of nitrogen functional groups attached to an aromatic ring is 1. The van der Waals surface area contributed by atoms with Crippen molar-refractivity contribution in [3.63, 3.8) is 0 Å². The molecule has 3 aromatic rings. The molecule has 0 unspecified atom stereocenters. The quantitative estimate of drug-likeness (QED) is 0.466. The summed E-state index contributed by atoms with van der Waals surface area (Å²) in [5, 5.41) is 0.613. The molecule has 0 bridgehead atoms. The highest BCUT2D eigenvalue weighted by atomic mass is 32.2. The van der Waals surface area contributed by atoms with E-state index in [0.29, 0.717) is 28.1 Å². The fourth-order valence-electron chi connectivity index (χ4n) is 3.03. The Morgan fingerprint density at radius 2 is 1.91 bits per heavy atom. The third kappa shape index (κ3) is 5.88. The normalized spacial score (nSPS) is 10.8. The maximum Gasteiger partial charge on any atom is 0.265 e. The van der Waals surface area contributed by atoms with Crippen LogP contribution in [0, 0.1) is 0 Å². The van der Waals surface area contributed by atoms with E-state index in [9.17, 15) is 4.79 Å². The number of hydrogen-bond donors (Lipinski definition) is 2. The van der Waals surface area contributed by atoms with Gasteiger partial charge in [-0.3, -0.25) is 9.52 Å². The maximum absolute atomic E-state index is 13.0. The lowest BCUT2D eigenvalue weighted by molar-refractivity contribution is 0.0984. The number of ether oxygens (including phenoxy) is 1. The van der Waals surface area contributed by atoms with Crippen molar-refractivity contribution in [1.82, 2.24) is 19.7 Å². The van der Waals surface area contributed by atoms with E-state index in [1.807, 2.05) is 50.8 Å². The summed E-state index contributed by atoms with van der Waals surface area (Å²) in [6, 6.07) is 12.6. The Morgan fingerprint density at radius 1 is 1.12 bits per heavy atom. The van der Waals surface area contributed by atoms with Crippen LogP contribution in [0.2, 0.25) is 0 Å². The van der Waals surface area contributed by atoms with Crippen molar-refractivity contribution in [2.75, 3.05) is 23.7 Å². The number of carbonyl (C=O) groups excluding carboxylic acids is 1. The standard InChI is InChI=1S/C23H28N6O2S/c1-5-29(6-2)22-17(23(30)28-32-21-9-7-8-19(24)27-21)11-12-18(26-22)16-10-13-20(25-14-16)31-15(3)4/h7-15H,5-6H2,1-4H3,(H2,24,27)(H,28,30). The molecule has 0 radical (unpaired) electrons. The average Bonchev–Trinajstić information content (AvgIpc) is 2.78. The van der Waals surface area contributed by atoms with Crippen molar-refractivity contribution < 1.29 is 9.53 Å². The third-order valence-electron chi connectivity index (χ3n) is 4.56. The molecule has 0 atom stereocenters. The van der Waals surface area contributed by atoms with E-state index >= 15 is 0 Å². The van der Waals surface area contributed by atoms with Crippen LogP contribution in [0.1, 0.15) is 38.1 Å². The van der Waals surface area contributed by atoms with Crippen LogP contribution in [0.3, 0.4) is 0 Å². The van der Waals surface area contributed by atoms with Gasteiger partial charge in [-0.1, -0.05) is 6.07 Å². The molecule has 0 aliphatic rings. The summed E-state index contributed by atoms with van der Waals surface area (Å²) < 4.78 is 8.45. The Kier molecular flexibility index (Phi) is 7.88. The summed E-state index contributed by atoms with van der Waals surface area (Å²) in [5.41, 5.74) is 7.78. The van der Waals surface area contributed by atoms with Gasteiger partial charge in [0.1, 0.15) is 16.7 Å². The van der Waals surface area contributed by atoms with E-state index in [-0.39, 0.29) is 12.0 Å². The smallest absolute Gasteiger partial charge is 0.265 e. The number of nitrogens with one attached hydrogen (secondary N) is 1. The van der Waals surface area contributed by atoms with E-state index in [4.69, 9.17) is 15.5 Å². The number of aromatic nitrogens is 3. The number of rotatable bonds is 9. The Hall–Kier alpha value is -3.33. The monoisotopic (exact) mass is 452 g/mol. The van der Waals surface area contributed by atoms with Crippen LogP contribution >= 0.6 is 11.9 Å². The van der Waals surface area contributed by atoms with Gasteiger partial charge < -0.3 is 15.4 Å². The lowest BCUT2D eigenvalue weighted by Crippen LogP contribution is -2.27. The molecule has 9 heteroatoms. The second-order valence-electron chi connectivity index (χ2n) is 7.23. The summed E-state index contributed by atoms with van der Waals surface area (Å²) in [6.07, 6.45) is 1.78. The topological polar surface area (TPSA) is 106 Å². The largest absolute Gasteiger partial charge is 0.475 e. The summed E-state index contributed by atoms with van der Waals surface area (Å²) in [6.45, 7) is 9.42. The average molecular weight is 453 g/mol. The minimum Gasteiger partial charge on any atom is -0.475 e. The molecule has 0 fully saturated rings. The van der Waals surface area contributed by atoms with Crippen LogP contribution in [-0.4, -0.2) is 40.1 Å². The van der Waals surface area contributed by atoms with E-state index in [1.165, 1.54) is 0 Å². The van der Waals surface area contributed by atoms with E-state index in [1.54, 1.807) is 30.5 Å². The SMILES string of the molecule is CCN(CC)c1nc(-c2ccc(OC(C)C)nc2)ccc1C(=O)NSc1cccc(N)n1. The van der Waals surface area contributed by atoms with Gasteiger partial charge in [-0.2, -0.15) is 0 Å². The van der Waals surface area contributed by atoms with Gasteiger partial charge in [0, 0.05) is 42.9 Å². The van der Waals surface area contributed by atoms with Crippen molar-refractivity contribution >= 4 is 29.5 Å². The molecule has 0 aliphatic carbocycles. The molecule has 32 heavy (non-hydrogen) atoms. The molecule has 8 nitrogen and oxygen atoms in total. The van der Waals surface area contributed by atoms with Crippen molar-refractivity contribution in [3.05, 3.63) is 54.2 Å². The van der Waals surface area contributed by atoms with Crippen LogP contribution in [0.25, 0.3) is 11.3 Å². The van der Waals surface area contributed by atoms with Gasteiger partial charge in [0.25, 0.3) is 5.91 Å². The molecule has 0 saturated heterocycles. The summed E-state index contributed by atoms with van der Waals surface area (Å²) in [5.74, 6) is 1.33. The third-order valence-corrected chi connectivity index (χ3v) is 5.29. The van der Waals surface area contributed by atoms with Gasteiger partial charge in [0.05, 0.1) is 17.4 Å². The van der Waals surface area contributed by atoms with Gasteiger partial charge in [-0.25, -0.2) is 15.0 Å². The first kappa shape index (κ1) is 23.3. The first-order chi connectivity index (χ1) is 15.4. The minimum atomic E-state index is -0.251. The minimum absolute atomic E-state index is 0.0546. The highest BCUT2D eigenvalue weighted by Gasteiger charge is 2.19. The van der Waals surface area contributed by atoms with Gasteiger partial charge in [0.15, 0.2) is 0 Å². The van der Waals surface area contributed by atoms with Gasteiger partial charge >= 0.3 is 0 Å². The molecule has 3 aromatic heterocycles. The molecule has 168 valence electrons. The number of nitrogens with two attached hydrogens (primary N) is 1. The first-order valence-electron chi connectivity index (χ1n) is 10.5. The molecule has 3 rings (SSSR count). The van der Waals surface area contributed by atoms with Crippen molar-refractivity contribution in [2.45, 2.75) is 38.8 Å². The number of anilines is 2. The molecule has 0 aromatic carbocycles. The first-order valence-corrected chi connectivity index (χ1v) is 11.3. The van der Waals surface area contributed by atoms with E-state index in [0.717, 1.165) is 36.3 Å². The fourth-order valence-corrected chi connectivity index (χ4v) is 3.64. The number of pyridine rings is 3. The van der Waals surface area contributed by atoms with Crippen molar-refractivity contribution in [3.8, 4) is 17.1 Å². The number of amides is 1. The Balaban J connectivity index is 1.86. The number of hydrogen-bond acceptors (Lipinski definition) is 8. The second kappa shape index (κ2) is 10.8. The number of carbonyl (C=O) groups is 1. The molecule has 3 N–H and O–H groups in total. The molecule has 3 heterocycles. The zero-order chi connectivity index (χ0) is 23.1. The van der Waals surface area contributed by atoms with Crippen LogP contribution in [0.4, 0.5) is 11.6 Å². The van der Waals surface area contributed by atoms with Gasteiger partial charge in [-0.15, -0.1) is 0 Å². The van der Waals surface area contributed by atoms with Crippen molar-refractivity contribution in [2.24, 2.45) is 0 Å². The zero-order valence-corrected chi connectivity index (χ0v) is 19.5. The van der Waals surface area contributed by atoms with Crippen LogP contribution < -0.4 is 20.1 Å². The van der Waals surface area contributed by atoms with Crippen LogP contribution in [0.15, 0.2) is 53.7 Å². The zero-order valence-electron chi connectivity index (χ0n) is 18.7. The van der Waals surface area contributed by atoms with E-state index < -0.39 is 0 Å². The molecule has 0 aliphatic heterocycles. The highest BCUT2D eigenvalue weighted by molar-refractivity contribution is 7.97. The van der Waals surface area contributed by atoms with E-state index in [2.05, 4.69) is 14.7 Å². The molecule has 0 spiro atoms. The van der Waals surface area contributed by atoms with Crippen LogP contribution in [-0.2, 0) is 0 Å². The second-order valence-corrected chi connectivity index (χ2v) is 8.05. The Labute approximate surface area is 192 Å². The Bertz CT molecular complexity index is 1050. The highest BCUT2D eigenvalue weighted by Crippen LogP contribution is 2.26. The summed E-state index contributed by atoms with van der Waals surface area (Å²) in [7, 11) is 0. The molecule has 0 saturated carbocycles. The maximum atomic E-state index is 13.0. The molecule has 1 amide bonds. The summed E-state index contributed by atoms with van der Waals surface area (Å²) in [4.78, 5) is 28.4. The molecular formula is C23H28N6O2S. The van der Waals surface area contributed by atoms with Gasteiger partial charge in [-0.05, 0) is 58.0 Å². The summed E-state index contributed by atoms with van der Waals surface area (Å²) >= 11 is 1.12.